The number of piperidine rings is 1. The van der Waals surface area contributed by atoms with E-state index in [0.29, 0.717) is 18.1 Å². The molecule has 3 fully saturated rings. The van der Waals surface area contributed by atoms with Crippen molar-refractivity contribution in [3.8, 4) is 5.75 Å². The summed E-state index contributed by atoms with van der Waals surface area (Å²) in [7, 11) is 3.54. The Bertz CT molecular complexity index is 922. The molecule has 2 aliphatic carbocycles. The van der Waals surface area contributed by atoms with Crippen LogP contribution >= 0.6 is 0 Å². The van der Waals surface area contributed by atoms with Crippen molar-refractivity contribution < 1.29 is 14.3 Å². The van der Waals surface area contributed by atoms with Gasteiger partial charge in [0.25, 0.3) is 0 Å². The van der Waals surface area contributed by atoms with Gasteiger partial charge in [-0.2, -0.15) is 5.10 Å². The number of rotatable bonds is 5. The fourth-order valence-electron chi connectivity index (χ4n) is 5.37. The molecule has 0 bridgehead atoms. The standard InChI is InChI=1S/C24H34N4O3/c1-30-19-7-5-17(6-8-19)26-24(29)27-13-11-18(12-14-27)28-22-10-9-20(16-3-4-16)23(31-2)21(22)15-25-28/h9-10,15-19H,3-8,11-14H2,1-2H3,(H,26,29)/t17-,19-. The van der Waals surface area contributed by atoms with Crippen LogP contribution in [-0.4, -0.2) is 60.2 Å². The predicted molar refractivity (Wildman–Crippen MR) is 120 cm³/mol. The van der Waals surface area contributed by atoms with E-state index >= 15 is 0 Å². The third-order valence-corrected chi connectivity index (χ3v) is 7.42. The molecule has 7 nitrogen and oxygen atoms in total. The molecule has 7 heteroatoms. The summed E-state index contributed by atoms with van der Waals surface area (Å²) in [5.41, 5.74) is 2.46. The van der Waals surface area contributed by atoms with Crippen LogP contribution in [-0.2, 0) is 4.74 Å². The first kappa shape index (κ1) is 20.6. The van der Waals surface area contributed by atoms with E-state index in [0.717, 1.165) is 68.3 Å². The summed E-state index contributed by atoms with van der Waals surface area (Å²) in [4.78, 5) is 14.7. The Morgan fingerprint density at radius 1 is 1.03 bits per heavy atom. The van der Waals surface area contributed by atoms with Gasteiger partial charge in [-0.25, -0.2) is 4.79 Å². The second-order valence-corrected chi connectivity index (χ2v) is 9.36. The quantitative estimate of drug-likeness (QED) is 0.777. The second-order valence-electron chi connectivity index (χ2n) is 9.36. The van der Waals surface area contributed by atoms with Gasteiger partial charge in [0.2, 0.25) is 0 Å². The number of likely N-dealkylation sites (tertiary alicyclic amines) is 1. The molecule has 2 heterocycles. The number of amides is 2. The topological polar surface area (TPSA) is 68.6 Å². The number of fused-ring (bicyclic) bond motifs is 1. The van der Waals surface area contributed by atoms with Crippen LogP contribution in [0.5, 0.6) is 5.75 Å². The average molecular weight is 427 g/mol. The second kappa shape index (κ2) is 8.69. The monoisotopic (exact) mass is 426 g/mol. The van der Waals surface area contributed by atoms with Gasteiger partial charge in [-0.05, 0) is 68.9 Å². The molecule has 2 saturated carbocycles. The summed E-state index contributed by atoms with van der Waals surface area (Å²) in [5, 5.41) is 9.09. The van der Waals surface area contributed by atoms with Crippen molar-refractivity contribution in [2.24, 2.45) is 0 Å². The molecule has 168 valence electrons. The minimum absolute atomic E-state index is 0.0837. The minimum atomic E-state index is 0.0837. The van der Waals surface area contributed by atoms with Gasteiger partial charge >= 0.3 is 6.03 Å². The summed E-state index contributed by atoms with van der Waals surface area (Å²) in [6.45, 7) is 1.53. The first-order valence-electron chi connectivity index (χ1n) is 11.8. The summed E-state index contributed by atoms with van der Waals surface area (Å²) in [5.74, 6) is 1.64. The molecule has 31 heavy (non-hydrogen) atoms. The van der Waals surface area contributed by atoms with Crippen LogP contribution in [0.15, 0.2) is 18.3 Å². The van der Waals surface area contributed by atoms with E-state index in [9.17, 15) is 4.79 Å². The van der Waals surface area contributed by atoms with Crippen molar-refractivity contribution in [3.05, 3.63) is 23.9 Å². The molecule has 2 amide bonds. The van der Waals surface area contributed by atoms with Gasteiger partial charge in [0.15, 0.2) is 0 Å². The number of methoxy groups -OCH3 is 2. The van der Waals surface area contributed by atoms with Crippen molar-refractivity contribution >= 4 is 16.9 Å². The number of hydrogen-bond donors (Lipinski definition) is 1. The molecule has 1 N–H and O–H groups in total. The molecule has 5 rings (SSSR count). The number of carbonyl (C=O) groups excluding carboxylic acids is 1. The lowest BCUT2D eigenvalue weighted by Gasteiger charge is -2.35. The molecular formula is C24H34N4O3. The number of ether oxygens (including phenoxy) is 2. The number of carbonyl (C=O) groups is 1. The largest absolute Gasteiger partial charge is 0.496 e. The highest BCUT2D eigenvalue weighted by molar-refractivity contribution is 5.87. The highest BCUT2D eigenvalue weighted by atomic mass is 16.5. The zero-order valence-electron chi connectivity index (χ0n) is 18.7. The van der Waals surface area contributed by atoms with E-state index in [1.165, 1.54) is 18.4 Å². The Kier molecular flexibility index (Phi) is 5.78. The molecule has 3 aliphatic rings. The number of aromatic nitrogens is 2. The van der Waals surface area contributed by atoms with Gasteiger partial charge in [0, 0.05) is 26.2 Å². The van der Waals surface area contributed by atoms with Gasteiger partial charge in [0.1, 0.15) is 5.75 Å². The normalized spacial score (nSPS) is 25.0. The molecular weight excluding hydrogens is 392 g/mol. The fraction of sp³-hybridized carbons (Fsp3) is 0.667. The number of nitrogens with zero attached hydrogens (tertiary/aromatic N) is 3. The van der Waals surface area contributed by atoms with E-state index in [1.54, 1.807) is 14.2 Å². The van der Waals surface area contributed by atoms with Crippen molar-refractivity contribution in [1.29, 1.82) is 0 Å². The van der Waals surface area contributed by atoms with Crippen LogP contribution in [0.1, 0.15) is 68.9 Å². The van der Waals surface area contributed by atoms with Gasteiger partial charge in [-0.15, -0.1) is 0 Å². The molecule has 1 aromatic heterocycles. The maximum atomic E-state index is 12.8. The molecule has 1 aliphatic heterocycles. The van der Waals surface area contributed by atoms with Crippen molar-refractivity contribution in [2.75, 3.05) is 27.3 Å². The lowest BCUT2D eigenvalue weighted by Crippen LogP contribution is -2.49. The van der Waals surface area contributed by atoms with E-state index in [1.807, 2.05) is 11.1 Å². The van der Waals surface area contributed by atoms with Crippen LogP contribution in [0.2, 0.25) is 0 Å². The molecule has 1 aromatic carbocycles. The lowest BCUT2D eigenvalue weighted by atomic mass is 9.93. The van der Waals surface area contributed by atoms with Crippen LogP contribution in [0, 0.1) is 0 Å². The Hall–Kier alpha value is -2.28. The first-order valence-corrected chi connectivity index (χ1v) is 11.8. The first-order chi connectivity index (χ1) is 15.2. The molecule has 0 unspecified atom stereocenters. The third kappa shape index (κ3) is 4.12. The van der Waals surface area contributed by atoms with Crippen molar-refractivity contribution in [3.63, 3.8) is 0 Å². The third-order valence-electron chi connectivity index (χ3n) is 7.42. The molecule has 0 radical (unpaired) electrons. The molecule has 2 aromatic rings. The van der Waals surface area contributed by atoms with Gasteiger partial charge in [-0.1, -0.05) is 6.07 Å². The maximum absolute atomic E-state index is 12.8. The maximum Gasteiger partial charge on any atom is 0.317 e. The lowest BCUT2D eigenvalue weighted by molar-refractivity contribution is 0.0624. The summed E-state index contributed by atoms with van der Waals surface area (Å²) < 4.78 is 13.4. The van der Waals surface area contributed by atoms with E-state index in [2.05, 4.69) is 22.1 Å². The molecule has 1 saturated heterocycles. The van der Waals surface area contributed by atoms with E-state index < -0.39 is 0 Å². The number of hydrogen-bond acceptors (Lipinski definition) is 4. The van der Waals surface area contributed by atoms with E-state index in [-0.39, 0.29) is 12.1 Å². The predicted octanol–water partition coefficient (Wildman–Crippen LogP) is 4.23. The SMILES string of the molecule is COc1c(C2CC2)ccc2c1cnn2C1CCN(C(=O)N[C@H]2CC[C@H](OC)CC2)CC1. The number of benzene rings is 1. The fourth-order valence-corrected chi connectivity index (χ4v) is 5.37. The Balaban J connectivity index is 1.21. The molecule has 0 spiro atoms. The zero-order chi connectivity index (χ0) is 21.4. The zero-order valence-corrected chi connectivity index (χ0v) is 18.7. The van der Waals surface area contributed by atoms with Gasteiger partial charge in [0.05, 0.1) is 36.4 Å². The van der Waals surface area contributed by atoms with Crippen LogP contribution in [0.25, 0.3) is 10.9 Å². The van der Waals surface area contributed by atoms with Crippen LogP contribution < -0.4 is 10.1 Å². The Morgan fingerprint density at radius 2 is 1.77 bits per heavy atom. The minimum Gasteiger partial charge on any atom is -0.496 e. The van der Waals surface area contributed by atoms with Gasteiger partial charge < -0.3 is 19.7 Å². The van der Waals surface area contributed by atoms with Gasteiger partial charge in [-0.3, -0.25) is 4.68 Å². The Morgan fingerprint density at radius 3 is 2.42 bits per heavy atom. The smallest absolute Gasteiger partial charge is 0.317 e. The van der Waals surface area contributed by atoms with Crippen LogP contribution in [0.3, 0.4) is 0 Å². The number of urea groups is 1. The Labute approximate surface area is 184 Å². The molecule has 0 atom stereocenters. The highest BCUT2D eigenvalue weighted by Gasteiger charge is 2.30. The van der Waals surface area contributed by atoms with Crippen molar-refractivity contribution in [2.45, 2.75) is 75.5 Å². The van der Waals surface area contributed by atoms with Crippen LogP contribution in [0.4, 0.5) is 4.79 Å². The summed E-state index contributed by atoms with van der Waals surface area (Å²) in [6.07, 6.45) is 10.7. The van der Waals surface area contributed by atoms with Crippen molar-refractivity contribution in [1.82, 2.24) is 20.0 Å². The summed E-state index contributed by atoms with van der Waals surface area (Å²) in [6, 6.07) is 5.10. The highest BCUT2D eigenvalue weighted by Crippen LogP contribution is 2.46. The number of nitrogens with one attached hydrogen (secondary N) is 1. The summed E-state index contributed by atoms with van der Waals surface area (Å²) >= 11 is 0. The average Bonchev–Trinajstić information content (AvgIpc) is 3.57. The van der Waals surface area contributed by atoms with E-state index in [4.69, 9.17) is 14.6 Å².